The highest BCUT2D eigenvalue weighted by atomic mass is 35.5. The maximum atomic E-state index is 15.7. The quantitative estimate of drug-likeness (QED) is 0.326. The van der Waals surface area contributed by atoms with Crippen LogP contribution in [0.5, 0.6) is 5.75 Å². The molecule has 2 aliphatic heterocycles. The molecule has 1 atom stereocenters. The Morgan fingerprint density at radius 2 is 1.98 bits per heavy atom. The third kappa shape index (κ3) is 4.65. The molecule has 0 radical (unpaired) electrons. The number of halogens is 2. The van der Waals surface area contributed by atoms with E-state index in [0.717, 1.165) is 48.7 Å². The largest absolute Gasteiger partial charge is 0.481 e. The predicted octanol–water partition coefficient (Wildman–Crippen LogP) is 4.18. The Balaban J connectivity index is 1.17. The molecule has 1 amide bonds. The molecule has 2 fully saturated rings. The molecule has 0 bridgehead atoms. The van der Waals surface area contributed by atoms with Gasteiger partial charge in [0.1, 0.15) is 17.7 Å². The standard InChI is InChI=1S/C29H28ClFN6O3/c30-29-23(5-6-24(34-29)35-11-13-39-14-12-35)40-17-26(38)37-9-7-22-28(36-10-8-32-16-25(36)33-22)27(37)20-4-3-19(15-21(20)31)18-1-2-18/h3-6,8,10,15-16,18,27H,1-2,7,9,11-14,17H2. The van der Waals surface area contributed by atoms with Crippen LogP contribution in [-0.4, -0.2) is 69.6 Å². The highest BCUT2D eigenvalue weighted by Gasteiger charge is 2.38. The Bertz CT molecular complexity index is 1590. The Kier molecular flexibility index (Phi) is 6.51. The van der Waals surface area contributed by atoms with Crippen LogP contribution >= 0.6 is 11.6 Å². The van der Waals surface area contributed by atoms with E-state index in [2.05, 4.69) is 14.9 Å². The number of fused-ring (bicyclic) bond motifs is 3. The van der Waals surface area contributed by atoms with Crippen LogP contribution in [0.25, 0.3) is 5.65 Å². The van der Waals surface area contributed by atoms with Crippen LogP contribution < -0.4 is 9.64 Å². The molecular formula is C29H28ClFN6O3. The topological polar surface area (TPSA) is 85.1 Å². The number of morpholine rings is 1. The van der Waals surface area contributed by atoms with Gasteiger partial charge in [0.25, 0.3) is 5.91 Å². The van der Waals surface area contributed by atoms with E-state index in [0.29, 0.717) is 49.1 Å². The number of imidazole rings is 1. The summed E-state index contributed by atoms with van der Waals surface area (Å²) in [6.07, 6.45) is 7.85. The highest BCUT2D eigenvalue weighted by molar-refractivity contribution is 6.31. The average Bonchev–Trinajstić information content (AvgIpc) is 3.76. The molecule has 11 heteroatoms. The molecule has 1 saturated carbocycles. The highest BCUT2D eigenvalue weighted by Crippen LogP contribution is 2.42. The minimum atomic E-state index is -0.664. The first-order chi connectivity index (χ1) is 19.6. The lowest BCUT2D eigenvalue weighted by molar-refractivity contribution is -0.135. The van der Waals surface area contributed by atoms with Gasteiger partial charge in [-0.15, -0.1) is 0 Å². The van der Waals surface area contributed by atoms with Crippen molar-refractivity contribution in [2.45, 2.75) is 31.2 Å². The maximum Gasteiger partial charge on any atom is 0.261 e. The first-order valence-electron chi connectivity index (χ1n) is 13.6. The van der Waals surface area contributed by atoms with E-state index in [-0.39, 0.29) is 23.5 Å². The number of carbonyl (C=O) groups is 1. The lowest BCUT2D eigenvalue weighted by Crippen LogP contribution is -2.43. The molecule has 1 aromatic carbocycles. The SMILES string of the molecule is O=C(COc1ccc(N2CCOCC2)nc1Cl)N1CCc2nc3cnccn3c2C1c1ccc(C2CC2)cc1F. The summed E-state index contributed by atoms with van der Waals surface area (Å²) in [6.45, 7) is 2.86. The second-order valence-corrected chi connectivity index (χ2v) is 10.7. The number of anilines is 1. The van der Waals surface area contributed by atoms with Crippen LogP contribution in [0, 0.1) is 5.82 Å². The fraction of sp³-hybridized carbons (Fsp3) is 0.379. The van der Waals surface area contributed by atoms with E-state index in [1.165, 1.54) is 0 Å². The second kappa shape index (κ2) is 10.3. The fourth-order valence-electron chi connectivity index (χ4n) is 5.68. The zero-order valence-corrected chi connectivity index (χ0v) is 22.6. The summed E-state index contributed by atoms with van der Waals surface area (Å²) in [5.41, 5.74) is 3.70. The summed E-state index contributed by atoms with van der Waals surface area (Å²) in [4.78, 5) is 30.8. The normalized spacial score (nSPS) is 19.1. The van der Waals surface area contributed by atoms with Crippen LogP contribution in [-0.2, 0) is 16.0 Å². The molecule has 4 aromatic rings. The molecule has 1 saturated heterocycles. The first kappa shape index (κ1) is 25.2. The first-order valence-corrected chi connectivity index (χ1v) is 14.0. The number of rotatable bonds is 6. The van der Waals surface area contributed by atoms with Crippen molar-refractivity contribution >= 4 is 29.0 Å². The molecule has 0 spiro atoms. The Morgan fingerprint density at radius 1 is 1.12 bits per heavy atom. The molecule has 3 aromatic heterocycles. The van der Waals surface area contributed by atoms with Crippen molar-refractivity contribution in [3.63, 3.8) is 0 Å². The van der Waals surface area contributed by atoms with Crippen LogP contribution in [0.2, 0.25) is 5.15 Å². The number of amides is 1. The molecule has 5 heterocycles. The molecule has 1 aliphatic carbocycles. The molecule has 1 unspecified atom stereocenters. The number of hydrogen-bond donors (Lipinski definition) is 0. The van der Waals surface area contributed by atoms with Crippen molar-refractivity contribution in [1.82, 2.24) is 24.3 Å². The van der Waals surface area contributed by atoms with Crippen LogP contribution in [0.3, 0.4) is 0 Å². The van der Waals surface area contributed by atoms with E-state index in [9.17, 15) is 4.79 Å². The average molecular weight is 563 g/mol. The smallest absolute Gasteiger partial charge is 0.261 e. The summed E-state index contributed by atoms with van der Waals surface area (Å²) < 4.78 is 28.9. The van der Waals surface area contributed by atoms with Crippen LogP contribution in [0.4, 0.5) is 10.2 Å². The minimum absolute atomic E-state index is 0.185. The van der Waals surface area contributed by atoms with Gasteiger partial charge in [-0.3, -0.25) is 14.2 Å². The maximum absolute atomic E-state index is 15.7. The van der Waals surface area contributed by atoms with Gasteiger partial charge in [-0.1, -0.05) is 23.7 Å². The zero-order chi connectivity index (χ0) is 27.2. The van der Waals surface area contributed by atoms with Gasteiger partial charge in [-0.2, -0.15) is 0 Å². The van der Waals surface area contributed by atoms with Gasteiger partial charge in [0.2, 0.25) is 0 Å². The van der Waals surface area contributed by atoms with E-state index < -0.39 is 6.04 Å². The van der Waals surface area contributed by atoms with Crippen molar-refractivity contribution in [3.05, 3.63) is 82.4 Å². The predicted molar refractivity (Wildman–Crippen MR) is 146 cm³/mol. The van der Waals surface area contributed by atoms with Crippen LogP contribution in [0.1, 0.15) is 47.3 Å². The van der Waals surface area contributed by atoms with Gasteiger partial charge in [0.15, 0.2) is 23.2 Å². The summed E-state index contributed by atoms with van der Waals surface area (Å²) in [5, 5.41) is 0.185. The molecular weight excluding hydrogens is 535 g/mol. The second-order valence-electron chi connectivity index (χ2n) is 10.4. The number of nitrogens with zero attached hydrogens (tertiary/aromatic N) is 6. The van der Waals surface area contributed by atoms with Crippen molar-refractivity contribution in [2.24, 2.45) is 0 Å². The third-order valence-corrected chi connectivity index (χ3v) is 8.15. The van der Waals surface area contributed by atoms with E-state index in [1.54, 1.807) is 35.6 Å². The monoisotopic (exact) mass is 562 g/mol. The van der Waals surface area contributed by atoms with Gasteiger partial charge in [0, 0.05) is 44.0 Å². The molecule has 9 nitrogen and oxygen atoms in total. The van der Waals surface area contributed by atoms with E-state index in [4.69, 9.17) is 26.1 Å². The molecule has 3 aliphatic rings. The number of benzene rings is 1. The van der Waals surface area contributed by atoms with E-state index in [1.807, 2.05) is 22.6 Å². The zero-order valence-electron chi connectivity index (χ0n) is 21.8. The minimum Gasteiger partial charge on any atom is -0.481 e. The van der Waals surface area contributed by atoms with Crippen LogP contribution in [0.15, 0.2) is 48.9 Å². The van der Waals surface area contributed by atoms with Gasteiger partial charge >= 0.3 is 0 Å². The molecule has 7 rings (SSSR count). The summed E-state index contributed by atoms with van der Waals surface area (Å²) in [5.74, 6) is 0.881. The molecule has 206 valence electrons. The van der Waals surface area contributed by atoms with Crippen molar-refractivity contribution < 1.29 is 18.7 Å². The third-order valence-electron chi connectivity index (χ3n) is 7.88. The number of aromatic nitrogens is 4. The van der Waals surface area contributed by atoms with Gasteiger partial charge in [-0.05, 0) is 42.5 Å². The van der Waals surface area contributed by atoms with Gasteiger partial charge in [0.05, 0.1) is 30.8 Å². The van der Waals surface area contributed by atoms with Crippen molar-refractivity contribution in [3.8, 4) is 5.75 Å². The molecule has 0 N–H and O–H groups in total. The van der Waals surface area contributed by atoms with E-state index >= 15 is 4.39 Å². The number of pyridine rings is 1. The lowest BCUT2D eigenvalue weighted by atomic mass is 9.93. The Labute approximate surface area is 235 Å². The number of hydrogen-bond acceptors (Lipinski definition) is 7. The number of carbonyl (C=O) groups excluding carboxylic acids is 1. The van der Waals surface area contributed by atoms with Gasteiger partial charge in [-0.25, -0.2) is 14.4 Å². The summed E-state index contributed by atoms with van der Waals surface area (Å²) in [6, 6.07) is 8.31. The van der Waals surface area contributed by atoms with Crippen molar-refractivity contribution in [1.29, 1.82) is 0 Å². The van der Waals surface area contributed by atoms with Gasteiger partial charge < -0.3 is 19.3 Å². The van der Waals surface area contributed by atoms with Crippen molar-refractivity contribution in [2.75, 3.05) is 44.4 Å². The Hall–Kier alpha value is -3.76. The number of ether oxygens (including phenoxy) is 2. The lowest BCUT2D eigenvalue weighted by Gasteiger charge is -2.36. The Morgan fingerprint density at radius 3 is 2.75 bits per heavy atom. The summed E-state index contributed by atoms with van der Waals surface area (Å²) >= 11 is 6.44. The fourth-order valence-corrected chi connectivity index (χ4v) is 5.89. The summed E-state index contributed by atoms with van der Waals surface area (Å²) in [7, 11) is 0. The molecule has 40 heavy (non-hydrogen) atoms.